The van der Waals surface area contributed by atoms with Gasteiger partial charge < -0.3 is 20.5 Å². The second kappa shape index (κ2) is 10.0. The van der Waals surface area contributed by atoms with Crippen LogP contribution in [0.3, 0.4) is 0 Å². The maximum Gasteiger partial charge on any atom is 0.248 e. The molecule has 0 radical (unpaired) electrons. The molecule has 0 aromatic heterocycles. The van der Waals surface area contributed by atoms with Gasteiger partial charge in [-0.3, -0.25) is 9.59 Å². The summed E-state index contributed by atoms with van der Waals surface area (Å²) in [6, 6.07) is 11.9. The number of hydrogen-bond acceptors (Lipinski definition) is 4. The highest BCUT2D eigenvalue weighted by molar-refractivity contribution is 6.02. The van der Waals surface area contributed by atoms with Crippen LogP contribution in [0.15, 0.2) is 48.5 Å². The molecule has 27 heavy (non-hydrogen) atoms. The van der Waals surface area contributed by atoms with E-state index in [0.717, 1.165) is 18.4 Å². The van der Waals surface area contributed by atoms with Gasteiger partial charge in [-0.1, -0.05) is 19.4 Å². The molecule has 0 atom stereocenters. The van der Waals surface area contributed by atoms with Gasteiger partial charge >= 0.3 is 0 Å². The van der Waals surface area contributed by atoms with Crippen LogP contribution in [-0.2, 0) is 4.79 Å². The average Bonchev–Trinajstić information content (AvgIpc) is 2.67. The van der Waals surface area contributed by atoms with E-state index in [4.69, 9.17) is 15.2 Å². The van der Waals surface area contributed by atoms with Gasteiger partial charge in [0.2, 0.25) is 11.8 Å². The highest BCUT2D eigenvalue weighted by atomic mass is 16.5. The van der Waals surface area contributed by atoms with E-state index >= 15 is 0 Å². The first-order valence-corrected chi connectivity index (χ1v) is 8.73. The summed E-state index contributed by atoms with van der Waals surface area (Å²) in [4.78, 5) is 23.1. The zero-order valence-corrected chi connectivity index (χ0v) is 15.5. The molecule has 0 bridgehead atoms. The third-order valence-electron chi connectivity index (χ3n) is 3.81. The van der Waals surface area contributed by atoms with Crippen molar-refractivity contribution in [2.24, 2.45) is 5.73 Å². The first kappa shape index (κ1) is 20.0. The lowest BCUT2D eigenvalue weighted by molar-refractivity contribution is -0.111. The molecule has 0 fully saturated rings. The number of benzene rings is 2. The molecule has 0 saturated heterocycles. The Morgan fingerprint density at radius 2 is 1.85 bits per heavy atom. The zero-order valence-electron chi connectivity index (χ0n) is 15.5. The van der Waals surface area contributed by atoms with Crippen molar-refractivity contribution in [3.8, 4) is 11.5 Å². The number of amides is 2. The number of methoxy groups -OCH3 is 1. The normalized spacial score (nSPS) is 10.6. The molecule has 0 spiro atoms. The second-order valence-corrected chi connectivity index (χ2v) is 5.88. The molecule has 2 rings (SSSR count). The smallest absolute Gasteiger partial charge is 0.248 e. The summed E-state index contributed by atoms with van der Waals surface area (Å²) in [5, 5.41) is 2.72. The van der Waals surface area contributed by atoms with E-state index in [-0.39, 0.29) is 5.91 Å². The fraction of sp³-hybridized carbons (Fsp3) is 0.238. The number of unbranched alkanes of at least 4 members (excludes halogenated alkanes) is 1. The fourth-order valence-electron chi connectivity index (χ4n) is 2.31. The summed E-state index contributed by atoms with van der Waals surface area (Å²) in [5.41, 5.74) is 6.96. The molecule has 3 N–H and O–H groups in total. The van der Waals surface area contributed by atoms with Gasteiger partial charge in [-0.05, 0) is 54.5 Å². The summed E-state index contributed by atoms with van der Waals surface area (Å²) in [6.45, 7) is 2.74. The van der Waals surface area contributed by atoms with Crippen LogP contribution in [0.5, 0.6) is 11.5 Å². The number of anilines is 1. The first-order valence-electron chi connectivity index (χ1n) is 8.73. The van der Waals surface area contributed by atoms with Crippen LogP contribution in [-0.4, -0.2) is 25.5 Å². The van der Waals surface area contributed by atoms with E-state index in [2.05, 4.69) is 12.2 Å². The van der Waals surface area contributed by atoms with Crippen molar-refractivity contribution in [2.45, 2.75) is 19.8 Å². The molecular formula is C21H24N2O4. The maximum atomic E-state index is 12.1. The van der Waals surface area contributed by atoms with Crippen LogP contribution in [0.4, 0.5) is 5.69 Å². The van der Waals surface area contributed by atoms with Gasteiger partial charge in [0.15, 0.2) is 11.5 Å². The lowest BCUT2D eigenvalue weighted by atomic mass is 10.1. The summed E-state index contributed by atoms with van der Waals surface area (Å²) in [7, 11) is 1.58. The monoisotopic (exact) mass is 368 g/mol. The van der Waals surface area contributed by atoms with Crippen molar-refractivity contribution in [2.75, 3.05) is 19.0 Å². The maximum absolute atomic E-state index is 12.1. The number of rotatable bonds is 9. The molecule has 0 aliphatic carbocycles. The topological polar surface area (TPSA) is 90.6 Å². The van der Waals surface area contributed by atoms with Crippen LogP contribution in [0.25, 0.3) is 6.08 Å². The van der Waals surface area contributed by atoms with Crippen molar-refractivity contribution >= 4 is 23.6 Å². The van der Waals surface area contributed by atoms with E-state index in [1.165, 1.54) is 6.08 Å². The van der Waals surface area contributed by atoms with Crippen LogP contribution >= 0.6 is 0 Å². The molecule has 0 aliphatic heterocycles. The Bertz CT molecular complexity index is 813. The molecule has 0 unspecified atom stereocenters. The van der Waals surface area contributed by atoms with E-state index in [9.17, 15) is 9.59 Å². The van der Waals surface area contributed by atoms with Gasteiger partial charge in [0.1, 0.15) is 0 Å². The van der Waals surface area contributed by atoms with E-state index in [1.54, 1.807) is 37.5 Å². The summed E-state index contributed by atoms with van der Waals surface area (Å²) < 4.78 is 11.0. The number of carbonyl (C=O) groups excluding carboxylic acids is 2. The number of ether oxygens (including phenoxy) is 2. The van der Waals surface area contributed by atoms with Crippen molar-refractivity contribution in [1.82, 2.24) is 0 Å². The number of carbonyl (C=O) groups is 2. The van der Waals surface area contributed by atoms with Crippen LogP contribution in [0.2, 0.25) is 0 Å². The Hall–Kier alpha value is -3.28. The molecule has 0 saturated carbocycles. The largest absolute Gasteiger partial charge is 0.493 e. The van der Waals surface area contributed by atoms with Gasteiger partial charge in [0, 0.05) is 17.3 Å². The van der Waals surface area contributed by atoms with Gasteiger partial charge in [-0.2, -0.15) is 0 Å². The molecule has 0 heterocycles. The molecule has 2 amide bonds. The predicted molar refractivity (Wildman–Crippen MR) is 106 cm³/mol. The Labute approximate surface area is 159 Å². The zero-order chi connectivity index (χ0) is 19.6. The highest BCUT2D eigenvalue weighted by Crippen LogP contribution is 2.28. The van der Waals surface area contributed by atoms with Crippen molar-refractivity contribution in [3.05, 3.63) is 59.7 Å². The van der Waals surface area contributed by atoms with Crippen LogP contribution in [0.1, 0.15) is 35.7 Å². The molecule has 2 aromatic carbocycles. The number of primary amides is 1. The summed E-state index contributed by atoms with van der Waals surface area (Å²) in [6.07, 6.45) is 5.15. The van der Waals surface area contributed by atoms with Crippen LogP contribution in [0, 0.1) is 0 Å². The Balaban J connectivity index is 1.99. The number of nitrogens with one attached hydrogen (secondary N) is 1. The van der Waals surface area contributed by atoms with E-state index in [0.29, 0.717) is 29.4 Å². The minimum absolute atomic E-state index is 0.288. The quantitative estimate of drug-likeness (QED) is 0.522. The average molecular weight is 368 g/mol. The number of hydrogen-bond donors (Lipinski definition) is 2. The lowest BCUT2D eigenvalue weighted by Gasteiger charge is -2.11. The van der Waals surface area contributed by atoms with Crippen LogP contribution < -0.4 is 20.5 Å². The second-order valence-electron chi connectivity index (χ2n) is 5.88. The van der Waals surface area contributed by atoms with Gasteiger partial charge in [0.25, 0.3) is 0 Å². The first-order chi connectivity index (χ1) is 13.0. The van der Waals surface area contributed by atoms with E-state index < -0.39 is 5.91 Å². The van der Waals surface area contributed by atoms with Crippen molar-refractivity contribution in [3.63, 3.8) is 0 Å². The summed E-state index contributed by atoms with van der Waals surface area (Å²) >= 11 is 0. The SMILES string of the molecule is CCCCOc1ccc(/C=C/C(=O)Nc2ccc(C(N)=O)cc2)cc1OC. The standard InChI is InChI=1S/C21H24N2O4/c1-3-4-13-27-18-11-5-15(14-19(18)26-2)6-12-20(24)23-17-9-7-16(8-10-17)21(22)25/h5-12,14H,3-4,13H2,1-2H3,(H2,22,25)(H,23,24)/b12-6+. The molecule has 142 valence electrons. The van der Waals surface area contributed by atoms with Gasteiger partial charge in [-0.25, -0.2) is 0 Å². The molecule has 6 heteroatoms. The predicted octanol–water partition coefficient (Wildman–Crippen LogP) is 3.62. The number of nitrogens with two attached hydrogens (primary N) is 1. The van der Waals surface area contributed by atoms with Crippen molar-refractivity contribution < 1.29 is 19.1 Å². The fourth-order valence-corrected chi connectivity index (χ4v) is 2.31. The minimum Gasteiger partial charge on any atom is -0.493 e. The third-order valence-corrected chi connectivity index (χ3v) is 3.81. The Morgan fingerprint density at radius 3 is 2.48 bits per heavy atom. The third kappa shape index (κ3) is 6.18. The summed E-state index contributed by atoms with van der Waals surface area (Å²) in [5.74, 6) is 0.505. The van der Waals surface area contributed by atoms with Gasteiger partial charge in [0.05, 0.1) is 13.7 Å². The molecule has 2 aromatic rings. The molecule has 6 nitrogen and oxygen atoms in total. The molecular weight excluding hydrogens is 344 g/mol. The lowest BCUT2D eigenvalue weighted by Crippen LogP contribution is -2.11. The highest BCUT2D eigenvalue weighted by Gasteiger charge is 2.05. The van der Waals surface area contributed by atoms with Crippen molar-refractivity contribution in [1.29, 1.82) is 0 Å². The Morgan fingerprint density at radius 1 is 1.11 bits per heavy atom. The Kier molecular flexibility index (Phi) is 7.43. The minimum atomic E-state index is -0.510. The van der Waals surface area contributed by atoms with Gasteiger partial charge in [-0.15, -0.1) is 0 Å². The van der Waals surface area contributed by atoms with E-state index in [1.807, 2.05) is 18.2 Å². The molecule has 0 aliphatic rings.